The van der Waals surface area contributed by atoms with Crippen molar-refractivity contribution in [2.75, 3.05) is 19.8 Å². The SMILES string of the molecule is C=CCOc1ccc(C2c3c(oc4cc(C)c(Cl)cc4c3=O)C(=O)N2CCCCC)cc1OCC. The summed E-state index contributed by atoms with van der Waals surface area (Å²) in [6.07, 6.45) is 4.48. The standard InChI is InChI=1S/C28H30ClNO5/c1-5-8-9-12-30-25(18-10-11-21(34-13-6-2)23(15-18)33-7-3)24-26(31)19-16-20(29)17(4)14-22(19)35-27(24)28(30)32/h6,10-11,14-16,25H,2,5,7-9,12-13H2,1,3-4H3. The molecular weight excluding hydrogens is 466 g/mol. The third-order valence-electron chi connectivity index (χ3n) is 6.19. The molecule has 1 amide bonds. The van der Waals surface area contributed by atoms with Crippen LogP contribution in [0.1, 0.15) is 66.4 Å². The van der Waals surface area contributed by atoms with Crippen molar-refractivity contribution < 1.29 is 18.7 Å². The molecule has 0 bridgehead atoms. The summed E-state index contributed by atoms with van der Waals surface area (Å²) in [5.41, 5.74) is 1.99. The van der Waals surface area contributed by atoms with E-state index in [-0.39, 0.29) is 17.1 Å². The molecule has 3 aromatic rings. The molecule has 0 saturated carbocycles. The third kappa shape index (κ3) is 4.67. The van der Waals surface area contributed by atoms with Gasteiger partial charge in [-0.2, -0.15) is 0 Å². The molecule has 6 nitrogen and oxygen atoms in total. The number of amides is 1. The number of nitrogens with zero attached hydrogens (tertiary/aromatic N) is 1. The first-order valence-corrected chi connectivity index (χ1v) is 12.4. The van der Waals surface area contributed by atoms with Crippen LogP contribution in [0.15, 0.2) is 52.2 Å². The predicted molar refractivity (Wildman–Crippen MR) is 138 cm³/mol. The Morgan fingerprint density at radius 2 is 1.91 bits per heavy atom. The van der Waals surface area contributed by atoms with Crippen molar-refractivity contribution in [2.45, 2.75) is 46.1 Å². The molecule has 1 aliphatic rings. The number of unbranched alkanes of at least 4 members (excludes halogenated alkanes) is 2. The molecule has 1 aliphatic heterocycles. The van der Waals surface area contributed by atoms with Gasteiger partial charge in [-0.25, -0.2) is 0 Å². The van der Waals surface area contributed by atoms with E-state index < -0.39 is 6.04 Å². The van der Waals surface area contributed by atoms with Gasteiger partial charge in [-0.05, 0) is 55.7 Å². The van der Waals surface area contributed by atoms with E-state index >= 15 is 0 Å². The molecule has 2 aromatic carbocycles. The number of benzene rings is 2. The van der Waals surface area contributed by atoms with E-state index in [0.717, 1.165) is 30.4 Å². The second-order valence-corrected chi connectivity index (χ2v) is 9.03. The Morgan fingerprint density at radius 3 is 2.63 bits per heavy atom. The quantitative estimate of drug-likeness (QED) is 0.238. The van der Waals surface area contributed by atoms with Crippen molar-refractivity contribution in [2.24, 2.45) is 0 Å². The molecule has 2 heterocycles. The molecule has 1 unspecified atom stereocenters. The molecular formula is C28H30ClNO5. The molecule has 1 aromatic heterocycles. The number of carbonyl (C=O) groups excluding carboxylic acids is 1. The van der Waals surface area contributed by atoms with Crippen LogP contribution in [-0.2, 0) is 0 Å². The van der Waals surface area contributed by atoms with Gasteiger partial charge in [0.2, 0.25) is 5.76 Å². The first-order valence-electron chi connectivity index (χ1n) is 12.0. The molecule has 0 saturated heterocycles. The molecule has 0 radical (unpaired) electrons. The van der Waals surface area contributed by atoms with Crippen LogP contribution in [0.25, 0.3) is 11.0 Å². The number of halogens is 1. The Bertz CT molecular complexity index is 1330. The summed E-state index contributed by atoms with van der Waals surface area (Å²) in [6.45, 7) is 10.8. The number of aryl methyl sites for hydroxylation is 1. The minimum atomic E-state index is -0.595. The van der Waals surface area contributed by atoms with E-state index in [4.69, 9.17) is 25.5 Å². The molecule has 4 rings (SSSR count). The maximum Gasteiger partial charge on any atom is 0.290 e. The van der Waals surface area contributed by atoms with E-state index in [1.165, 1.54) is 0 Å². The summed E-state index contributed by atoms with van der Waals surface area (Å²) < 4.78 is 17.6. The lowest BCUT2D eigenvalue weighted by molar-refractivity contribution is 0.0724. The molecule has 0 spiro atoms. The maximum atomic E-state index is 13.7. The normalized spacial score (nSPS) is 14.9. The van der Waals surface area contributed by atoms with Crippen molar-refractivity contribution >= 4 is 28.5 Å². The summed E-state index contributed by atoms with van der Waals surface area (Å²) in [6, 6.07) is 8.25. The van der Waals surface area contributed by atoms with Gasteiger partial charge in [-0.3, -0.25) is 9.59 Å². The zero-order valence-corrected chi connectivity index (χ0v) is 21.1. The molecule has 1 atom stereocenters. The Labute approximate surface area is 210 Å². The topological polar surface area (TPSA) is 69.0 Å². The second kappa shape index (κ2) is 10.6. The van der Waals surface area contributed by atoms with Crippen molar-refractivity contribution in [1.29, 1.82) is 0 Å². The van der Waals surface area contributed by atoms with Gasteiger partial charge in [0.25, 0.3) is 5.91 Å². The zero-order valence-electron chi connectivity index (χ0n) is 20.4. The molecule has 35 heavy (non-hydrogen) atoms. The van der Waals surface area contributed by atoms with Gasteiger partial charge in [-0.1, -0.05) is 50.1 Å². The second-order valence-electron chi connectivity index (χ2n) is 8.62. The fourth-order valence-electron chi connectivity index (χ4n) is 4.48. The maximum absolute atomic E-state index is 13.7. The summed E-state index contributed by atoms with van der Waals surface area (Å²) in [7, 11) is 0. The van der Waals surface area contributed by atoms with Crippen LogP contribution in [0.4, 0.5) is 0 Å². The zero-order chi connectivity index (χ0) is 25.1. The Kier molecular flexibility index (Phi) is 7.51. The van der Waals surface area contributed by atoms with Crippen LogP contribution >= 0.6 is 11.6 Å². The van der Waals surface area contributed by atoms with E-state index in [0.29, 0.717) is 52.8 Å². The Balaban J connectivity index is 1.90. The van der Waals surface area contributed by atoms with E-state index in [1.807, 2.05) is 26.0 Å². The summed E-state index contributed by atoms with van der Waals surface area (Å²) in [5.74, 6) is 0.934. The number of hydrogen-bond donors (Lipinski definition) is 0. The van der Waals surface area contributed by atoms with Gasteiger partial charge in [0.1, 0.15) is 12.2 Å². The molecule has 0 aliphatic carbocycles. The number of carbonyl (C=O) groups is 1. The molecule has 0 fully saturated rings. The molecule has 0 N–H and O–H groups in total. The summed E-state index contributed by atoms with van der Waals surface area (Å²) in [4.78, 5) is 29.0. The minimum Gasteiger partial charge on any atom is -0.490 e. The number of fused-ring (bicyclic) bond motifs is 2. The first-order chi connectivity index (χ1) is 16.9. The highest BCUT2D eigenvalue weighted by Crippen LogP contribution is 2.41. The van der Waals surface area contributed by atoms with Crippen LogP contribution in [0.3, 0.4) is 0 Å². The van der Waals surface area contributed by atoms with Gasteiger partial charge in [0.15, 0.2) is 16.9 Å². The van der Waals surface area contributed by atoms with E-state index in [2.05, 4.69) is 13.5 Å². The van der Waals surface area contributed by atoms with Gasteiger partial charge in [0.05, 0.1) is 23.6 Å². The smallest absolute Gasteiger partial charge is 0.290 e. The lowest BCUT2D eigenvalue weighted by Crippen LogP contribution is -2.30. The van der Waals surface area contributed by atoms with Crippen molar-refractivity contribution in [3.05, 3.63) is 80.7 Å². The Hall–Kier alpha value is -3.25. The average Bonchev–Trinajstić information content (AvgIpc) is 3.12. The van der Waals surface area contributed by atoms with Crippen LogP contribution < -0.4 is 14.9 Å². The largest absolute Gasteiger partial charge is 0.490 e. The minimum absolute atomic E-state index is 0.0932. The summed E-state index contributed by atoms with van der Waals surface area (Å²) in [5, 5.41) is 0.844. The van der Waals surface area contributed by atoms with Gasteiger partial charge >= 0.3 is 0 Å². The Morgan fingerprint density at radius 1 is 1.11 bits per heavy atom. The van der Waals surface area contributed by atoms with Crippen LogP contribution in [0.2, 0.25) is 5.02 Å². The predicted octanol–water partition coefficient (Wildman–Crippen LogP) is 6.45. The number of ether oxygens (including phenoxy) is 2. The van der Waals surface area contributed by atoms with E-state index in [9.17, 15) is 9.59 Å². The van der Waals surface area contributed by atoms with Crippen molar-refractivity contribution in [3.63, 3.8) is 0 Å². The number of rotatable bonds is 10. The lowest BCUT2D eigenvalue weighted by Gasteiger charge is -2.26. The average molecular weight is 496 g/mol. The lowest BCUT2D eigenvalue weighted by atomic mass is 9.97. The molecule has 7 heteroatoms. The monoisotopic (exact) mass is 495 g/mol. The van der Waals surface area contributed by atoms with Crippen molar-refractivity contribution in [1.82, 2.24) is 4.90 Å². The van der Waals surface area contributed by atoms with Gasteiger partial charge < -0.3 is 18.8 Å². The van der Waals surface area contributed by atoms with Crippen LogP contribution in [-0.4, -0.2) is 30.6 Å². The highest BCUT2D eigenvalue weighted by molar-refractivity contribution is 6.32. The van der Waals surface area contributed by atoms with Crippen LogP contribution in [0.5, 0.6) is 11.5 Å². The number of hydrogen-bond acceptors (Lipinski definition) is 5. The van der Waals surface area contributed by atoms with E-state index in [1.54, 1.807) is 29.2 Å². The highest BCUT2D eigenvalue weighted by atomic mass is 35.5. The molecule has 184 valence electrons. The van der Waals surface area contributed by atoms with Crippen LogP contribution in [0, 0.1) is 6.92 Å². The van der Waals surface area contributed by atoms with Gasteiger partial charge in [-0.15, -0.1) is 0 Å². The fraction of sp³-hybridized carbons (Fsp3) is 0.357. The highest BCUT2D eigenvalue weighted by Gasteiger charge is 2.42. The first kappa shape index (κ1) is 24.9. The third-order valence-corrected chi connectivity index (χ3v) is 6.60. The summed E-state index contributed by atoms with van der Waals surface area (Å²) >= 11 is 6.33. The van der Waals surface area contributed by atoms with Gasteiger partial charge in [0, 0.05) is 11.6 Å². The fourth-order valence-corrected chi connectivity index (χ4v) is 4.64. The van der Waals surface area contributed by atoms with Crippen molar-refractivity contribution in [3.8, 4) is 11.5 Å².